The third-order valence-corrected chi connectivity index (χ3v) is 6.54. The summed E-state index contributed by atoms with van der Waals surface area (Å²) in [6.45, 7) is 5.08. The normalized spacial score (nSPS) is 15.2. The number of H-pyrrole nitrogens is 1. The molecule has 3 N–H and O–H groups in total. The lowest BCUT2D eigenvalue weighted by Gasteiger charge is -2.21. The molecule has 0 aliphatic carbocycles. The molecule has 1 fully saturated rings. The standard InChI is InChI=1S/C21H31FN4OS/c1-2-3-4-5-6-9-24-15-12-17(22)20-18(13-15)25-19(26-21(20)27)14-28-16-7-10-23-11-8-16/h12-13,16,23-24H,2-11,14H2,1H3,(H,25,26,27). The number of hydrogen-bond donors (Lipinski definition) is 3. The number of rotatable bonds is 10. The fourth-order valence-corrected chi connectivity index (χ4v) is 4.66. The first-order valence-electron chi connectivity index (χ1n) is 10.5. The van der Waals surface area contributed by atoms with Gasteiger partial charge in [0.2, 0.25) is 0 Å². The molecule has 0 atom stereocenters. The van der Waals surface area contributed by atoms with E-state index in [0.717, 1.165) is 38.9 Å². The lowest BCUT2D eigenvalue weighted by atomic mass is 10.1. The summed E-state index contributed by atoms with van der Waals surface area (Å²) in [6.07, 6.45) is 8.21. The summed E-state index contributed by atoms with van der Waals surface area (Å²) < 4.78 is 14.5. The SMILES string of the molecule is CCCCCCCNc1cc(F)c2c(=O)[nH]c(CSC3CCNCC3)nc2c1. The number of hydrogen-bond acceptors (Lipinski definition) is 5. The van der Waals surface area contributed by atoms with Crippen LogP contribution >= 0.6 is 11.8 Å². The Balaban J connectivity index is 1.65. The van der Waals surface area contributed by atoms with Crippen LogP contribution in [0.4, 0.5) is 10.1 Å². The second-order valence-electron chi connectivity index (χ2n) is 7.47. The van der Waals surface area contributed by atoms with Gasteiger partial charge >= 0.3 is 0 Å². The van der Waals surface area contributed by atoms with Gasteiger partial charge in [0.1, 0.15) is 17.0 Å². The fourth-order valence-electron chi connectivity index (χ4n) is 3.56. The number of aromatic amines is 1. The zero-order valence-electron chi connectivity index (χ0n) is 16.7. The third kappa shape index (κ3) is 5.95. The van der Waals surface area contributed by atoms with Crippen molar-refractivity contribution in [2.45, 2.75) is 62.9 Å². The van der Waals surface area contributed by atoms with E-state index in [0.29, 0.717) is 28.0 Å². The number of piperidine rings is 1. The van der Waals surface area contributed by atoms with Crippen molar-refractivity contribution in [1.29, 1.82) is 0 Å². The molecule has 1 aromatic heterocycles. The smallest absolute Gasteiger partial charge is 0.261 e. The summed E-state index contributed by atoms with van der Waals surface area (Å²) in [5, 5.41) is 7.26. The van der Waals surface area contributed by atoms with Crippen LogP contribution in [-0.2, 0) is 5.75 Å². The summed E-state index contributed by atoms with van der Waals surface area (Å²) in [5.74, 6) is 0.751. The van der Waals surface area contributed by atoms with Crippen LogP contribution in [-0.4, -0.2) is 34.9 Å². The molecule has 1 saturated heterocycles. The molecule has 5 nitrogen and oxygen atoms in total. The Kier molecular flexibility index (Phi) is 8.15. The van der Waals surface area contributed by atoms with Gasteiger partial charge in [-0.1, -0.05) is 32.6 Å². The molecule has 3 rings (SSSR count). The molecule has 1 aliphatic heterocycles. The molecule has 0 bridgehead atoms. The number of nitrogens with zero attached hydrogens (tertiary/aromatic N) is 1. The molecule has 2 heterocycles. The van der Waals surface area contributed by atoms with Gasteiger partial charge in [-0.05, 0) is 44.5 Å². The van der Waals surface area contributed by atoms with E-state index in [1.165, 1.54) is 31.7 Å². The van der Waals surface area contributed by atoms with Gasteiger partial charge in [0.25, 0.3) is 5.56 Å². The first-order chi connectivity index (χ1) is 13.7. The zero-order chi connectivity index (χ0) is 19.8. The van der Waals surface area contributed by atoms with Crippen molar-refractivity contribution in [3.05, 3.63) is 34.1 Å². The number of thioether (sulfide) groups is 1. The predicted molar refractivity (Wildman–Crippen MR) is 117 cm³/mol. The molecule has 154 valence electrons. The van der Waals surface area contributed by atoms with Gasteiger partial charge in [0, 0.05) is 17.5 Å². The molecule has 0 unspecified atom stereocenters. The topological polar surface area (TPSA) is 69.8 Å². The molecular formula is C21H31FN4OS. The molecule has 1 aliphatic rings. The van der Waals surface area contributed by atoms with Crippen molar-refractivity contribution in [2.24, 2.45) is 0 Å². The second kappa shape index (κ2) is 10.8. The second-order valence-corrected chi connectivity index (χ2v) is 8.75. The number of aromatic nitrogens is 2. The quantitative estimate of drug-likeness (QED) is 0.509. The molecule has 2 aromatic rings. The minimum absolute atomic E-state index is 0.0455. The maximum absolute atomic E-state index is 14.5. The van der Waals surface area contributed by atoms with Gasteiger partial charge < -0.3 is 15.6 Å². The summed E-state index contributed by atoms with van der Waals surface area (Å²) >= 11 is 1.82. The molecule has 28 heavy (non-hydrogen) atoms. The van der Waals surface area contributed by atoms with Crippen molar-refractivity contribution >= 4 is 28.4 Å². The van der Waals surface area contributed by atoms with E-state index in [1.807, 2.05) is 11.8 Å². The summed E-state index contributed by atoms with van der Waals surface area (Å²) in [7, 11) is 0. The molecule has 0 saturated carbocycles. The molecule has 0 radical (unpaired) electrons. The van der Waals surface area contributed by atoms with Crippen LogP contribution < -0.4 is 16.2 Å². The van der Waals surface area contributed by atoms with E-state index in [2.05, 4.69) is 27.5 Å². The van der Waals surface area contributed by atoms with Crippen LogP contribution in [0.25, 0.3) is 10.9 Å². The van der Waals surface area contributed by atoms with E-state index in [-0.39, 0.29) is 5.39 Å². The van der Waals surface area contributed by atoms with E-state index in [1.54, 1.807) is 6.07 Å². The monoisotopic (exact) mass is 406 g/mol. The van der Waals surface area contributed by atoms with Gasteiger partial charge in [0.05, 0.1) is 11.3 Å². The van der Waals surface area contributed by atoms with Crippen molar-refractivity contribution in [1.82, 2.24) is 15.3 Å². The zero-order valence-corrected chi connectivity index (χ0v) is 17.5. The van der Waals surface area contributed by atoms with Gasteiger partial charge in [-0.2, -0.15) is 11.8 Å². The molecule has 7 heteroatoms. The molecular weight excluding hydrogens is 375 g/mol. The fraction of sp³-hybridized carbons (Fsp3) is 0.619. The Labute approximate surface area is 170 Å². The average Bonchev–Trinajstić information content (AvgIpc) is 2.69. The van der Waals surface area contributed by atoms with Gasteiger partial charge in [-0.25, -0.2) is 9.37 Å². The highest BCUT2D eigenvalue weighted by Crippen LogP contribution is 2.24. The first-order valence-corrected chi connectivity index (χ1v) is 11.5. The predicted octanol–water partition coefficient (Wildman–Crippen LogP) is 4.43. The highest BCUT2D eigenvalue weighted by Gasteiger charge is 2.15. The number of halogens is 1. The maximum atomic E-state index is 14.5. The highest BCUT2D eigenvalue weighted by atomic mass is 32.2. The van der Waals surface area contributed by atoms with Crippen LogP contribution in [0.1, 0.15) is 57.7 Å². The summed E-state index contributed by atoms with van der Waals surface area (Å²) in [6, 6.07) is 3.19. The van der Waals surface area contributed by atoms with Crippen LogP contribution in [0.15, 0.2) is 16.9 Å². The van der Waals surface area contributed by atoms with E-state index in [4.69, 9.17) is 0 Å². The van der Waals surface area contributed by atoms with Crippen molar-refractivity contribution in [2.75, 3.05) is 25.0 Å². The molecule has 1 aromatic carbocycles. The first kappa shape index (κ1) is 21.1. The van der Waals surface area contributed by atoms with Crippen molar-refractivity contribution in [3.8, 4) is 0 Å². The van der Waals surface area contributed by atoms with E-state index in [9.17, 15) is 9.18 Å². The number of benzene rings is 1. The average molecular weight is 407 g/mol. The van der Waals surface area contributed by atoms with E-state index < -0.39 is 11.4 Å². The number of fused-ring (bicyclic) bond motifs is 1. The van der Waals surface area contributed by atoms with Gasteiger partial charge in [-0.3, -0.25) is 4.79 Å². The lowest BCUT2D eigenvalue weighted by Crippen LogP contribution is -2.29. The Morgan fingerprint density at radius 2 is 2.00 bits per heavy atom. The van der Waals surface area contributed by atoms with Crippen LogP contribution in [0.5, 0.6) is 0 Å². The van der Waals surface area contributed by atoms with Crippen LogP contribution in [0, 0.1) is 5.82 Å². The van der Waals surface area contributed by atoms with Crippen molar-refractivity contribution in [3.63, 3.8) is 0 Å². The maximum Gasteiger partial charge on any atom is 0.261 e. The third-order valence-electron chi connectivity index (χ3n) is 5.16. The minimum atomic E-state index is -0.516. The number of anilines is 1. The minimum Gasteiger partial charge on any atom is -0.385 e. The Hall–Kier alpha value is -1.60. The lowest BCUT2D eigenvalue weighted by molar-refractivity contribution is 0.531. The largest absolute Gasteiger partial charge is 0.385 e. The summed E-state index contributed by atoms with van der Waals surface area (Å²) in [4.78, 5) is 19.7. The Morgan fingerprint density at radius 3 is 2.79 bits per heavy atom. The molecule has 0 spiro atoms. The van der Waals surface area contributed by atoms with Gasteiger partial charge in [0.15, 0.2) is 0 Å². The molecule has 0 amide bonds. The highest BCUT2D eigenvalue weighted by molar-refractivity contribution is 7.99. The number of unbranched alkanes of at least 4 members (excludes halogenated alkanes) is 4. The summed E-state index contributed by atoms with van der Waals surface area (Å²) in [5.41, 5.74) is 0.725. The Bertz CT molecular complexity index is 820. The van der Waals surface area contributed by atoms with Crippen LogP contribution in [0.2, 0.25) is 0 Å². The van der Waals surface area contributed by atoms with E-state index >= 15 is 0 Å². The Morgan fingerprint density at radius 1 is 1.21 bits per heavy atom. The number of nitrogens with one attached hydrogen (secondary N) is 3. The van der Waals surface area contributed by atoms with Gasteiger partial charge in [-0.15, -0.1) is 0 Å². The van der Waals surface area contributed by atoms with Crippen molar-refractivity contribution < 1.29 is 4.39 Å². The van der Waals surface area contributed by atoms with Crippen LogP contribution in [0.3, 0.4) is 0 Å².